The van der Waals surface area contributed by atoms with E-state index >= 15 is 0 Å². The summed E-state index contributed by atoms with van der Waals surface area (Å²) < 4.78 is 90.2. The van der Waals surface area contributed by atoms with Crippen molar-refractivity contribution >= 4 is 33.0 Å². The second-order valence-corrected chi connectivity index (χ2v) is 9.56. The fraction of sp³-hybridized carbons (Fsp3) is 0.150. The van der Waals surface area contributed by atoms with Gasteiger partial charge in [0.15, 0.2) is 11.6 Å². The van der Waals surface area contributed by atoms with Gasteiger partial charge in [-0.1, -0.05) is 12.1 Å². The van der Waals surface area contributed by atoms with Crippen LogP contribution in [0, 0.1) is 11.6 Å². The summed E-state index contributed by atoms with van der Waals surface area (Å²) in [4.78, 5) is 13.2. The van der Waals surface area contributed by atoms with Gasteiger partial charge < -0.3 is 5.32 Å². The molecule has 0 fully saturated rings. The zero-order valence-corrected chi connectivity index (χ0v) is 17.9. The molecule has 5 nitrogen and oxygen atoms in total. The van der Waals surface area contributed by atoms with Gasteiger partial charge in [-0.3, -0.25) is 9.52 Å². The second kappa shape index (κ2) is 8.87. The molecule has 1 heterocycles. The standard InChI is InChI=1S/C20H15F5N2O3S2/c1-32(29,30)27-18-14(21)8-11(9-15(18)22)10-26-19(28)17-7-6-16(31-17)12-2-4-13(5-3-12)20(23,24)25/h2-9,27H,10H2,1H3,(H,26,28). The van der Waals surface area contributed by atoms with Crippen LogP contribution in [-0.4, -0.2) is 20.6 Å². The number of thiophene rings is 1. The molecule has 0 unspecified atom stereocenters. The van der Waals surface area contributed by atoms with Gasteiger partial charge in [0.2, 0.25) is 10.0 Å². The summed E-state index contributed by atoms with van der Waals surface area (Å²) in [7, 11) is -3.88. The van der Waals surface area contributed by atoms with Crippen molar-refractivity contribution in [1.82, 2.24) is 5.32 Å². The molecule has 0 saturated carbocycles. The van der Waals surface area contributed by atoms with E-state index in [1.807, 2.05) is 0 Å². The molecule has 0 atom stereocenters. The first kappa shape index (κ1) is 23.7. The van der Waals surface area contributed by atoms with E-state index in [-0.39, 0.29) is 17.0 Å². The quantitative estimate of drug-likeness (QED) is 0.477. The molecule has 0 aliphatic carbocycles. The Morgan fingerprint density at radius 1 is 1.00 bits per heavy atom. The van der Waals surface area contributed by atoms with Gasteiger partial charge in [0.05, 0.1) is 16.7 Å². The number of hydrogen-bond acceptors (Lipinski definition) is 4. The van der Waals surface area contributed by atoms with Gasteiger partial charge in [0.25, 0.3) is 5.91 Å². The van der Waals surface area contributed by atoms with Crippen molar-refractivity contribution in [1.29, 1.82) is 0 Å². The first-order valence-corrected chi connectivity index (χ1v) is 11.6. The maximum atomic E-state index is 14.0. The van der Waals surface area contributed by atoms with Gasteiger partial charge in [0.1, 0.15) is 5.69 Å². The Morgan fingerprint density at radius 2 is 1.59 bits per heavy atom. The Labute approximate surface area is 183 Å². The molecule has 1 amide bonds. The van der Waals surface area contributed by atoms with Crippen LogP contribution in [0.25, 0.3) is 10.4 Å². The van der Waals surface area contributed by atoms with Gasteiger partial charge in [0, 0.05) is 11.4 Å². The van der Waals surface area contributed by atoms with Crippen LogP contribution in [0.1, 0.15) is 20.8 Å². The largest absolute Gasteiger partial charge is 0.416 e. The summed E-state index contributed by atoms with van der Waals surface area (Å²) in [5, 5.41) is 2.48. The minimum absolute atomic E-state index is 0.0620. The summed E-state index contributed by atoms with van der Waals surface area (Å²) in [5.41, 5.74) is -1.04. The van der Waals surface area contributed by atoms with E-state index in [0.717, 1.165) is 41.9 Å². The highest BCUT2D eigenvalue weighted by Crippen LogP contribution is 2.33. The van der Waals surface area contributed by atoms with E-state index in [1.54, 1.807) is 10.8 Å². The van der Waals surface area contributed by atoms with Gasteiger partial charge in [-0.05, 0) is 47.5 Å². The van der Waals surface area contributed by atoms with Gasteiger partial charge in [-0.15, -0.1) is 11.3 Å². The summed E-state index contributed by atoms with van der Waals surface area (Å²) in [6.45, 7) is -0.237. The van der Waals surface area contributed by atoms with E-state index in [0.29, 0.717) is 10.4 Å². The Balaban J connectivity index is 1.68. The lowest BCUT2D eigenvalue weighted by atomic mass is 10.1. The number of carbonyl (C=O) groups excluding carboxylic acids is 1. The highest BCUT2D eigenvalue weighted by molar-refractivity contribution is 7.92. The van der Waals surface area contributed by atoms with Gasteiger partial charge in [-0.2, -0.15) is 13.2 Å². The fourth-order valence-corrected chi connectivity index (χ4v) is 4.21. The van der Waals surface area contributed by atoms with Crippen LogP contribution in [0.3, 0.4) is 0 Å². The number of sulfonamides is 1. The minimum Gasteiger partial charge on any atom is -0.347 e. The summed E-state index contributed by atoms with van der Waals surface area (Å²) in [6, 6.07) is 9.32. The van der Waals surface area contributed by atoms with Crippen molar-refractivity contribution in [3.05, 3.63) is 76.2 Å². The molecule has 0 aliphatic heterocycles. The number of halogens is 5. The van der Waals surface area contributed by atoms with Gasteiger partial charge >= 0.3 is 6.18 Å². The third kappa shape index (κ3) is 5.82. The first-order valence-electron chi connectivity index (χ1n) is 8.85. The second-order valence-electron chi connectivity index (χ2n) is 6.73. The molecule has 0 radical (unpaired) electrons. The molecule has 0 saturated heterocycles. The van der Waals surface area contributed by atoms with Crippen LogP contribution in [-0.2, 0) is 22.7 Å². The number of amides is 1. The molecule has 0 bridgehead atoms. The number of carbonyl (C=O) groups is 1. The first-order chi connectivity index (χ1) is 14.8. The highest BCUT2D eigenvalue weighted by Gasteiger charge is 2.30. The molecule has 32 heavy (non-hydrogen) atoms. The van der Waals surface area contributed by atoms with Crippen LogP contribution in [0.2, 0.25) is 0 Å². The third-order valence-electron chi connectivity index (χ3n) is 4.17. The SMILES string of the molecule is CS(=O)(=O)Nc1c(F)cc(CNC(=O)c2ccc(-c3ccc(C(F)(F)F)cc3)s2)cc1F. The lowest BCUT2D eigenvalue weighted by molar-refractivity contribution is -0.137. The average molecular weight is 490 g/mol. The van der Waals surface area contributed by atoms with Crippen molar-refractivity contribution < 1.29 is 35.2 Å². The fourth-order valence-electron chi connectivity index (χ4n) is 2.72. The maximum Gasteiger partial charge on any atom is 0.416 e. The minimum atomic E-state index is -4.45. The van der Waals surface area contributed by atoms with E-state index in [1.165, 1.54) is 18.2 Å². The molecular formula is C20H15F5N2O3S2. The van der Waals surface area contributed by atoms with E-state index in [2.05, 4.69) is 5.32 Å². The Morgan fingerprint density at radius 3 is 2.12 bits per heavy atom. The molecule has 1 aromatic heterocycles. The van der Waals surface area contributed by atoms with Crippen LogP contribution in [0.15, 0.2) is 48.5 Å². The number of nitrogens with one attached hydrogen (secondary N) is 2. The number of benzene rings is 2. The lowest BCUT2D eigenvalue weighted by Crippen LogP contribution is -2.22. The van der Waals surface area contributed by atoms with Crippen molar-refractivity contribution in [2.75, 3.05) is 11.0 Å². The number of hydrogen-bond donors (Lipinski definition) is 2. The van der Waals surface area contributed by atoms with Crippen molar-refractivity contribution in [2.24, 2.45) is 0 Å². The molecular weight excluding hydrogens is 475 g/mol. The molecule has 2 aromatic carbocycles. The molecule has 12 heteroatoms. The maximum absolute atomic E-state index is 14.0. The van der Waals surface area contributed by atoms with Crippen LogP contribution in [0.5, 0.6) is 0 Å². The Kier molecular flexibility index (Phi) is 6.56. The summed E-state index contributed by atoms with van der Waals surface area (Å²) in [5.74, 6) is -2.83. The zero-order chi connectivity index (χ0) is 23.7. The van der Waals surface area contributed by atoms with Crippen LogP contribution >= 0.6 is 11.3 Å². The number of alkyl halides is 3. The number of anilines is 1. The predicted molar refractivity (Wildman–Crippen MR) is 111 cm³/mol. The van der Waals surface area contributed by atoms with Crippen molar-refractivity contribution in [2.45, 2.75) is 12.7 Å². The highest BCUT2D eigenvalue weighted by atomic mass is 32.2. The van der Waals surface area contributed by atoms with Crippen LogP contribution in [0.4, 0.5) is 27.6 Å². The molecule has 3 rings (SSSR count). The number of rotatable bonds is 6. The Hall–Kier alpha value is -2.99. The smallest absolute Gasteiger partial charge is 0.347 e. The third-order valence-corrected chi connectivity index (χ3v) is 5.88. The zero-order valence-electron chi connectivity index (χ0n) is 16.3. The van der Waals surface area contributed by atoms with E-state index in [4.69, 9.17) is 0 Å². The lowest BCUT2D eigenvalue weighted by Gasteiger charge is -2.10. The van der Waals surface area contributed by atoms with Crippen molar-refractivity contribution in [3.8, 4) is 10.4 Å². The predicted octanol–water partition coefficient (Wildman–Crippen LogP) is 5.01. The summed E-state index contributed by atoms with van der Waals surface area (Å²) >= 11 is 1.04. The molecule has 0 spiro atoms. The van der Waals surface area contributed by atoms with E-state index < -0.39 is 45.0 Å². The normalized spacial score (nSPS) is 11.9. The molecule has 2 N–H and O–H groups in total. The molecule has 170 valence electrons. The molecule has 3 aromatic rings. The van der Waals surface area contributed by atoms with Gasteiger partial charge in [-0.25, -0.2) is 17.2 Å². The van der Waals surface area contributed by atoms with Crippen LogP contribution < -0.4 is 10.0 Å². The van der Waals surface area contributed by atoms with E-state index in [9.17, 15) is 35.2 Å². The topological polar surface area (TPSA) is 75.3 Å². The summed E-state index contributed by atoms with van der Waals surface area (Å²) in [6.07, 6.45) is -3.70. The molecule has 0 aliphatic rings. The Bertz CT molecular complexity index is 1230. The monoisotopic (exact) mass is 490 g/mol. The van der Waals surface area contributed by atoms with Crippen molar-refractivity contribution in [3.63, 3.8) is 0 Å². The average Bonchev–Trinajstić information content (AvgIpc) is 3.18.